The fourth-order valence-corrected chi connectivity index (χ4v) is 2.45. The van der Waals surface area contributed by atoms with Crippen LogP contribution in [0.25, 0.3) is 0 Å². The van der Waals surface area contributed by atoms with Crippen LogP contribution in [0, 0.1) is 5.82 Å². The summed E-state index contributed by atoms with van der Waals surface area (Å²) < 4.78 is 23.6. The highest BCUT2D eigenvalue weighted by Gasteiger charge is 2.26. The molecule has 0 heterocycles. The Kier molecular flexibility index (Phi) is 5.81. The number of ether oxygens (including phenoxy) is 2. The van der Waals surface area contributed by atoms with Crippen LogP contribution in [0.5, 0.6) is 0 Å². The Morgan fingerprint density at radius 1 is 1.00 bits per heavy atom. The molecule has 1 atom stereocenters. The number of halogens is 1. The summed E-state index contributed by atoms with van der Waals surface area (Å²) in [5.41, 5.74) is 1.44. The molecule has 2 aromatic rings. The summed E-state index contributed by atoms with van der Waals surface area (Å²) in [5, 5.41) is 0. The summed E-state index contributed by atoms with van der Waals surface area (Å²) in [6, 6.07) is 15.2. The summed E-state index contributed by atoms with van der Waals surface area (Å²) in [6.45, 7) is 0. The lowest BCUT2D eigenvalue weighted by molar-refractivity contribution is -0.117. The standard InChI is InChI=1S/C18H19FO3/c1-21-18(22-2)16(13-6-4-3-5-7-13)12-17(20)14-8-10-15(19)11-9-14/h3-11,16,18H,12H2,1-2H3. The number of carbonyl (C=O) groups is 1. The van der Waals surface area contributed by atoms with Crippen molar-refractivity contribution >= 4 is 5.78 Å². The molecular formula is C18H19FO3. The highest BCUT2D eigenvalue weighted by molar-refractivity contribution is 5.96. The van der Waals surface area contributed by atoms with Gasteiger partial charge in [-0.3, -0.25) is 4.79 Å². The minimum absolute atomic E-state index is 0.0760. The average Bonchev–Trinajstić information content (AvgIpc) is 2.56. The van der Waals surface area contributed by atoms with Gasteiger partial charge in [-0.05, 0) is 29.8 Å². The molecule has 0 N–H and O–H groups in total. The van der Waals surface area contributed by atoms with E-state index < -0.39 is 6.29 Å². The Bertz CT molecular complexity index is 591. The topological polar surface area (TPSA) is 35.5 Å². The number of methoxy groups -OCH3 is 2. The molecule has 0 spiro atoms. The van der Waals surface area contributed by atoms with E-state index in [-0.39, 0.29) is 23.9 Å². The Balaban J connectivity index is 2.22. The maximum atomic E-state index is 13.0. The lowest BCUT2D eigenvalue weighted by Crippen LogP contribution is -2.25. The van der Waals surface area contributed by atoms with Crippen LogP contribution in [0.1, 0.15) is 28.3 Å². The first-order chi connectivity index (χ1) is 10.7. The zero-order chi connectivity index (χ0) is 15.9. The molecule has 22 heavy (non-hydrogen) atoms. The predicted octanol–water partition coefficient (Wildman–Crippen LogP) is 3.80. The van der Waals surface area contributed by atoms with Gasteiger partial charge in [-0.1, -0.05) is 30.3 Å². The number of rotatable bonds is 7. The normalized spacial score (nSPS) is 12.4. The van der Waals surface area contributed by atoms with Gasteiger partial charge in [0.25, 0.3) is 0 Å². The van der Waals surface area contributed by atoms with Crippen molar-refractivity contribution in [2.24, 2.45) is 0 Å². The third-order valence-corrected chi connectivity index (χ3v) is 3.59. The molecule has 0 fully saturated rings. The summed E-state index contributed by atoms with van der Waals surface area (Å²) in [5.74, 6) is -0.662. The van der Waals surface area contributed by atoms with Crippen molar-refractivity contribution in [1.82, 2.24) is 0 Å². The molecule has 0 aliphatic rings. The number of Topliss-reactive ketones (excluding diaryl/α,β-unsaturated/α-hetero) is 1. The second kappa shape index (κ2) is 7.82. The van der Waals surface area contributed by atoms with E-state index >= 15 is 0 Å². The SMILES string of the molecule is COC(OC)C(CC(=O)c1ccc(F)cc1)c1ccccc1. The minimum atomic E-state index is -0.521. The quantitative estimate of drug-likeness (QED) is 0.576. The van der Waals surface area contributed by atoms with Gasteiger partial charge < -0.3 is 9.47 Å². The molecule has 4 heteroatoms. The van der Waals surface area contributed by atoms with Crippen LogP contribution in [-0.2, 0) is 9.47 Å². The van der Waals surface area contributed by atoms with Gasteiger partial charge in [0.1, 0.15) is 5.82 Å². The van der Waals surface area contributed by atoms with E-state index in [0.717, 1.165) is 5.56 Å². The van der Waals surface area contributed by atoms with E-state index in [4.69, 9.17) is 9.47 Å². The molecule has 0 aliphatic heterocycles. The lowest BCUT2D eigenvalue weighted by Gasteiger charge is -2.24. The van der Waals surface area contributed by atoms with Gasteiger partial charge in [-0.25, -0.2) is 4.39 Å². The van der Waals surface area contributed by atoms with Crippen molar-refractivity contribution < 1.29 is 18.7 Å². The van der Waals surface area contributed by atoms with Crippen molar-refractivity contribution in [3.63, 3.8) is 0 Å². The zero-order valence-electron chi connectivity index (χ0n) is 12.7. The monoisotopic (exact) mass is 302 g/mol. The molecule has 0 radical (unpaired) electrons. The van der Waals surface area contributed by atoms with Crippen LogP contribution in [-0.4, -0.2) is 26.3 Å². The maximum Gasteiger partial charge on any atom is 0.164 e. The molecule has 0 aliphatic carbocycles. The number of ketones is 1. The molecule has 2 rings (SSSR count). The Morgan fingerprint density at radius 2 is 1.59 bits per heavy atom. The molecule has 116 valence electrons. The first-order valence-electron chi connectivity index (χ1n) is 7.05. The van der Waals surface area contributed by atoms with Crippen molar-refractivity contribution in [3.8, 4) is 0 Å². The number of hydrogen-bond acceptors (Lipinski definition) is 3. The molecule has 2 aromatic carbocycles. The third kappa shape index (κ3) is 4.00. The van der Waals surface area contributed by atoms with Crippen molar-refractivity contribution in [2.45, 2.75) is 18.6 Å². The van der Waals surface area contributed by atoms with Crippen molar-refractivity contribution in [2.75, 3.05) is 14.2 Å². The largest absolute Gasteiger partial charge is 0.355 e. The van der Waals surface area contributed by atoms with E-state index in [9.17, 15) is 9.18 Å². The number of hydrogen-bond donors (Lipinski definition) is 0. The van der Waals surface area contributed by atoms with Gasteiger partial charge in [0.05, 0.1) is 0 Å². The van der Waals surface area contributed by atoms with E-state index in [1.54, 1.807) is 14.2 Å². The second-order valence-electron chi connectivity index (χ2n) is 4.99. The maximum absolute atomic E-state index is 13.0. The van der Waals surface area contributed by atoms with E-state index in [1.807, 2.05) is 30.3 Å². The predicted molar refractivity (Wildman–Crippen MR) is 82.3 cm³/mol. The fourth-order valence-electron chi connectivity index (χ4n) is 2.45. The average molecular weight is 302 g/mol. The number of carbonyl (C=O) groups excluding carboxylic acids is 1. The molecular weight excluding hydrogens is 283 g/mol. The highest BCUT2D eigenvalue weighted by atomic mass is 19.1. The van der Waals surface area contributed by atoms with E-state index in [1.165, 1.54) is 24.3 Å². The Labute approximate surface area is 129 Å². The van der Waals surface area contributed by atoms with Crippen LogP contribution in [0.2, 0.25) is 0 Å². The van der Waals surface area contributed by atoms with Crippen LogP contribution >= 0.6 is 0 Å². The molecule has 1 unspecified atom stereocenters. The van der Waals surface area contributed by atoms with Crippen molar-refractivity contribution in [1.29, 1.82) is 0 Å². The third-order valence-electron chi connectivity index (χ3n) is 3.59. The first kappa shape index (κ1) is 16.3. The van der Waals surface area contributed by atoms with Gasteiger partial charge in [0.15, 0.2) is 12.1 Å². The summed E-state index contributed by atoms with van der Waals surface area (Å²) in [7, 11) is 3.10. The Morgan fingerprint density at radius 3 is 2.14 bits per heavy atom. The van der Waals surface area contributed by atoms with Gasteiger partial charge >= 0.3 is 0 Å². The molecule has 0 saturated heterocycles. The lowest BCUT2D eigenvalue weighted by atomic mass is 9.91. The van der Waals surface area contributed by atoms with E-state index in [2.05, 4.69) is 0 Å². The van der Waals surface area contributed by atoms with Gasteiger partial charge in [0, 0.05) is 32.1 Å². The summed E-state index contributed by atoms with van der Waals surface area (Å²) >= 11 is 0. The van der Waals surface area contributed by atoms with E-state index in [0.29, 0.717) is 5.56 Å². The molecule has 0 aromatic heterocycles. The zero-order valence-corrected chi connectivity index (χ0v) is 12.7. The van der Waals surface area contributed by atoms with Crippen LogP contribution in [0.4, 0.5) is 4.39 Å². The smallest absolute Gasteiger partial charge is 0.164 e. The van der Waals surface area contributed by atoms with Crippen LogP contribution in [0.3, 0.4) is 0 Å². The molecule has 0 amide bonds. The fraction of sp³-hybridized carbons (Fsp3) is 0.278. The number of benzene rings is 2. The summed E-state index contributed by atoms with van der Waals surface area (Å²) in [6.07, 6.45) is -0.297. The first-order valence-corrected chi connectivity index (χ1v) is 7.05. The van der Waals surface area contributed by atoms with Crippen LogP contribution < -0.4 is 0 Å². The van der Waals surface area contributed by atoms with Crippen LogP contribution in [0.15, 0.2) is 54.6 Å². The molecule has 0 saturated carbocycles. The Hall–Kier alpha value is -2.04. The van der Waals surface area contributed by atoms with Crippen molar-refractivity contribution in [3.05, 3.63) is 71.5 Å². The molecule has 3 nitrogen and oxygen atoms in total. The van der Waals surface area contributed by atoms with Gasteiger partial charge in [-0.15, -0.1) is 0 Å². The summed E-state index contributed by atoms with van der Waals surface area (Å²) in [4.78, 5) is 12.4. The molecule has 0 bridgehead atoms. The second-order valence-corrected chi connectivity index (χ2v) is 4.99. The van der Waals surface area contributed by atoms with Gasteiger partial charge in [-0.2, -0.15) is 0 Å². The highest BCUT2D eigenvalue weighted by Crippen LogP contribution is 2.27. The minimum Gasteiger partial charge on any atom is -0.355 e. The van der Waals surface area contributed by atoms with Gasteiger partial charge in [0.2, 0.25) is 0 Å².